The Kier molecular flexibility index (Phi) is 5.76. The van der Waals surface area contributed by atoms with Crippen LogP contribution in [0.3, 0.4) is 0 Å². The number of benzene rings is 1. The van der Waals surface area contributed by atoms with E-state index >= 15 is 0 Å². The highest BCUT2D eigenvalue weighted by atomic mass is 35.5. The van der Waals surface area contributed by atoms with E-state index < -0.39 is 10.0 Å². The third-order valence-electron chi connectivity index (χ3n) is 2.48. The first kappa shape index (κ1) is 15.9. The van der Waals surface area contributed by atoms with E-state index in [9.17, 15) is 8.42 Å². The molecule has 19 heavy (non-hydrogen) atoms. The summed E-state index contributed by atoms with van der Waals surface area (Å²) >= 11 is 5.82. The van der Waals surface area contributed by atoms with Crippen molar-refractivity contribution in [2.45, 2.75) is 24.3 Å². The molecule has 0 aliphatic heterocycles. The molecule has 1 atom stereocenters. The van der Waals surface area contributed by atoms with E-state index in [1.165, 1.54) is 18.2 Å². The quantitative estimate of drug-likeness (QED) is 0.870. The van der Waals surface area contributed by atoms with E-state index in [1.807, 2.05) is 6.07 Å². The fourth-order valence-electron chi connectivity index (χ4n) is 1.44. The van der Waals surface area contributed by atoms with Gasteiger partial charge in [0.25, 0.3) is 0 Å². The van der Waals surface area contributed by atoms with Crippen LogP contribution in [0.25, 0.3) is 0 Å². The van der Waals surface area contributed by atoms with Crippen molar-refractivity contribution in [3.8, 4) is 6.07 Å². The van der Waals surface area contributed by atoms with Crippen molar-refractivity contribution in [1.82, 2.24) is 4.72 Å². The topological polar surface area (TPSA) is 79.2 Å². The summed E-state index contributed by atoms with van der Waals surface area (Å²) in [6, 6.07) is 5.64. The number of hydrogen-bond acceptors (Lipinski definition) is 4. The smallest absolute Gasteiger partial charge is 0.240 e. The molecule has 0 spiro atoms. The first-order valence-corrected chi connectivity index (χ1v) is 7.47. The van der Waals surface area contributed by atoms with Crippen LogP contribution in [0, 0.1) is 11.3 Å². The lowest BCUT2D eigenvalue weighted by molar-refractivity contribution is 0.188. The van der Waals surface area contributed by atoms with Crippen molar-refractivity contribution in [3.63, 3.8) is 0 Å². The summed E-state index contributed by atoms with van der Waals surface area (Å²) in [5.41, 5.74) is 0.244. The van der Waals surface area contributed by atoms with E-state index in [-0.39, 0.29) is 21.5 Å². The third-order valence-corrected chi connectivity index (χ3v) is 4.38. The summed E-state index contributed by atoms with van der Waals surface area (Å²) in [6.45, 7) is 2.22. The Bertz CT molecular complexity index is 581. The van der Waals surface area contributed by atoms with Gasteiger partial charge in [-0.2, -0.15) is 5.26 Å². The fraction of sp³-hybridized carbons (Fsp3) is 0.417. The van der Waals surface area contributed by atoms with Crippen molar-refractivity contribution >= 4 is 21.6 Å². The van der Waals surface area contributed by atoms with Crippen LogP contribution in [0.5, 0.6) is 0 Å². The number of nitrogens with one attached hydrogen (secondary N) is 1. The molecule has 1 unspecified atom stereocenters. The predicted molar refractivity (Wildman–Crippen MR) is 72.4 cm³/mol. The van der Waals surface area contributed by atoms with Crippen LogP contribution in [0.15, 0.2) is 23.1 Å². The van der Waals surface area contributed by atoms with Crippen LogP contribution in [0.4, 0.5) is 0 Å². The Morgan fingerprint density at radius 2 is 2.21 bits per heavy atom. The summed E-state index contributed by atoms with van der Waals surface area (Å²) in [6.07, 6.45) is 0.569. The van der Waals surface area contributed by atoms with Crippen molar-refractivity contribution in [3.05, 3.63) is 28.8 Å². The average molecular weight is 303 g/mol. The highest BCUT2D eigenvalue weighted by Crippen LogP contribution is 2.20. The number of methoxy groups -OCH3 is 1. The number of nitrogens with zero attached hydrogens (tertiary/aromatic N) is 1. The van der Waals surface area contributed by atoms with Gasteiger partial charge in [0.05, 0.1) is 15.5 Å². The third kappa shape index (κ3) is 4.48. The van der Waals surface area contributed by atoms with Gasteiger partial charge in [-0.1, -0.05) is 11.6 Å². The van der Waals surface area contributed by atoms with Crippen LogP contribution in [-0.2, 0) is 14.8 Å². The fourth-order valence-corrected chi connectivity index (χ4v) is 3.03. The highest BCUT2D eigenvalue weighted by molar-refractivity contribution is 7.89. The monoisotopic (exact) mass is 302 g/mol. The second kappa shape index (κ2) is 6.87. The molecular weight excluding hydrogens is 288 g/mol. The number of rotatable bonds is 6. The van der Waals surface area contributed by atoms with E-state index in [0.717, 1.165) is 0 Å². The Labute approximate surface area is 118 Å². The maximum Gasteiger partial charge on any atom is 0.240 e. The second-order valence-corrected chi connectivity index (χ2v) is 6.18. The van der Waals surface area contributed by atoms with Gasteiger partial charge in [0.2, 0.25) is 10.0 Å². The van der Waals surface area contributed by atoms with Gasteiger partial charge in [0, 0.05) is 19.8 Å². The molecule has 0 heterocycles. The first-order valence-electron chi connectivity index (χ1n) is 5.61. The zero-order valence-electron chi connectivity index (χ0n) is 10.7. The molecule has 1 N–H and O–H groups in total. The molecule has 1 rings (SSSR count). The predicted octanol–water partition coefficient (Wildman–Crippen LogP) is 1.91. The van der Waals surface area contributed by atoms with Crippen LogP contribution in [0.1, 0.15) is 18.9 Å². The van der Waals surface area contributed by atoms with Gasteiger partial charge in [-0.3, -0.25) is 0 Å². The van der Waals surface area contributed by atoms with Crippen molar-refractivity contribution in [1.29, 1.82) is 5.26 Å². The molecular formula is C12H15ClN2O3S. The normalized spacial score (nSPS) is 12.9. The Balaban J connectivity index is 2.89. The van der Waals surface area contributed by atoms with E-state index in [2.05, 4.69) is 4.72 Å². The zero-order valence-corrected chi connectivity index (χ0v) is 12.3. The highest BCUT2D eigenvalue weighted by Gasteiger charge is 2.18. The molecule has 0 amide bonds. The lowest BCUT2D eigenvalue weighted by Gasteiger charge is -2.14. The number of halogens is 1. The molecule has 5 nitrogen and oxygen atoms in total. The molecule has 1 aromatic carbocycles. The Morgan fingerprint density at radius 1 is 1.53 bits per heavy atom. The number of sulfonamides is 1. The van der Waals surface area contributed by atoms with E-state index in [4.69, 9.17) is 21.6 Å². The van der Waals surface area contributed by atoms with Crippen LogP contribution in [0.2, 0.25) is 5.02 Å². The summed E-state index contributed by atoms with van der Waals surface area (Å²) in [5.74, 6) is 0. The molecule has 0 radical (unpaired) electrons. The summed E-state index contributed by atoms with van der Waals surface area (Å²) in [5, 5.41) is 8.86. The van der Waals surface area contributed by atoms with Crippen molar-refractivity contribution in [2.24, 2.45) is 0 Å². The SMILES string of the molecule is COCCC(C)NS(=O)(=O)c1ccc(C#N)c(Cl)c1. The maximum atomic E-state index is 12.1. The van der Waals surface area contributed by atoms with Crippen molar-refractivity contribution < 1.29 is 13.2 Å². The number of hydrogen-bond donors (Lipinski definition) is 1. The second-order valence-electron chi connectivity index (χ2n) is 4.06. The average Bonchev–Trinajstić information content (AvgIpc) is 2.35. The van der Waals surface area contributed by atoms with Crippen LogP contribution in [-0.4, -0.2) is 28.2 Å². The first-order chi connectivity index (χ1) is 8.90. The Morgan fingerprint density at radius 3 is 2.74 bits per heavy atom. The number of ether oxygens (including phenoxy) is 1. The lowest BCUT2D eigenvalue weighted by atomic mass is 10.2. The largest absolute Gasteiger partial charge is 0.385 e. The molecule has 7 heteroatoms. The van der Waals surface area contributed by atoms with Gasteiger partial charge in [-0.15, -0.1) is 0 Å². The molecule has 0 bridgehead atoms. The van der Waals surface area contributed by atoms with E-state index in [1.54, 1.807) is 14.0 Å². The standard InChI is InChI=1S/C12H15ClN2O3S/c1-9(5-6-18-2)15-19(16,17)11-4-3-10(8-14)12(13)7-11/h3-4,7,9,15H,5-6H2,1-2H3. The minimum Gasteiger partial charge on any atom is -0.385 e. The van der Waals surface area contributed by atoms with Crippen LogP contribution >= 0.6 is 11.6 Å². The summed E-state index contributed by atoms with van der Waals surface area (Å²) in [7, 11) is -2.08. The van der Waals surface area contributed by atoms with Gasteiger partial charge >= 0.3 is 0 Å². The van der Waals surface area contributed by atoms with Crippen LogP contribution < -0.4 is 4.72 Å². The molecule has 0 fully saturated rings. The molecule has 0 aromatic heterocycles. The summed E-state index contributed by atoms with van der Waals surface area (Å²) in [4.78, 5) is 0.0424. The van der Waals surface area contributed by atoms with E-state index in [0.29, 0.717) is 13.0 Å². The zero-order chi connectivity index (χ0) is 14.5. The van der Waals surface area contributed by atoms with Gasteiger partial charge in [0.1, 0.15) is 6.07 Å². The van der Waals surface area contributed by atoms with Gasteiger partial charge < -0.3 is 4.74 Å². The van der Waals surface area contributed by atoms with Gasteiger partial charge in [-0.25, -0.2) is 13.1 Å². The van der Waals surface area contributed by atoms with Gasteiger partial charge in [-0.05, 0) is 31.5 Å². The molecule has 0 saturated heterocycles. The summed E-state index contributed by atoms with van der Waals surface area (Å²) < 4.78 is 31.5. The molecule has 0 saturated carbocycles. The minimum atomic E-state index is -3.64. The maximum absolute atomic E-state index is 12.1. The Hall–Kier alpha value is -1.13. The van der Waals surface area contributed by atoms with Gasteiger partial charge in [0.15, 0.2) is 0 Å². The number of nitriles is 1. The minimum absolute atomic E-state index is 0.0424. The molecule has 104 valence electrons. The van der Waals surface area contributed by atoms with Crippen molar-refractivity contribution in [2.75, 3.05) is 13.7 Å². The lowest BCUT2D eigenvalue weighted by Crippen LogP contribution is -2.33. The molecule has 0 aliphatic carbocycles. The molecule has 0 aliphatic rings. The molecule has 1 aromatic rings.